The van der Waals surface area contributed by atoms with Gasteiger partial charge in [0.05, 0.1) is 30.2 Å². The summed E-state index contributed by atoms with van der Waals surface area (Å²) in [6, 6.07) is 8.29. The zero-order valence-corrected chi connectivity index (χ0v) is 19.9. The summed E-state index contributed by atoms with van der Waals surface area (Å²) in [4.78, 5) is 40.2. The van der Waals surface area contributed by atoms with Crippen molar-refractivity contribution in [3.63, 3.8) is 0 Å². The third kappa shape index (κ3) is 5.03. The minimum Gasteiger partial charge on any atom is -0.394 e. The molecule has 182 valence electrons. The van der Waals surface area contributed by atoms with E-state index in [0.29, 0.717) is 47.9 Å². The number of carbonyl (C=O) groups is 2. The Bertz CT molecular complexity index is 1320. The molecule has 0 aliphatic carbocycles. The van der Waals surface area contributed by atoms with Crippen molar-refractivity contribution in [2.75, 3.05) is 19.7 Å². The van der Waals surface area contributed by atoms with E-state index in [9.17, 15) is 19.5 Å². The predicted molar refractivity (Wildman–Crippen MR) is 130 cm³/mol. The van der Waals surface area contributed by atoms with Crippen LogP contribution in [0.4, 0.5) is 0 Å². The van der Waals surface area contributed by atoms with Crippen LogP contribution in [0.3, 0.4) is 0 Å². The second-order valence-electron chi connectivity index (χ2n) is 8.46. The standard InChI is InChI=1S/C24H25ClN6O4/c1-3-21(33)30-10-8-24(15-32,9-11-30)27-22(34)19-12-20(16-4-6-17(25)7-5-16)28-31(23(19)35)18-13-26-29(2)14-18/h3-7,12-14,32H,1,8-11,15H2,2H3,(H,27,34). The van der Waals surface area contributed by atoms with Crippen LogP contribution in [-0.2, 0) is 11.8 Å². The summed E-state index contributed by atoms with van der Waals surface area (Å²) in [6.07, 6.45) is 4.99. The molecule has 1 aliphatic heterocycles. The summed E-state index contributed by atoms with van der Waals surface area (Å²) < 4.78 is 2.65. The van der Waals surface area contributed by atoms with Gasteiger partial charge in [0, 0.05) is 30.7 Å². The van der Waals surface area contributed by atoms with Crippen LogP contribution in [0.1, 0.15) is 23.2 Å². The minimum atomic E-state index is -0.968. The van der Waals surface area contributed by atoms with E-state index in [1.165, 1.54) is 23.0 Å². The van der Waals surface area contributed by atoms with Gasteiger partial charge in [-0.2, -0.15) is 14.9 Å². The predicted octanol–water partition coefficient (Wildman–Crippen LogP) is 1.56. The molecule has 2 aromatic heterocycles. The number of carbonyl (C=O) groups excluding carboxylic acids is 2. The average molecular weight is 497 g/mol. The molecule has 3 aromatic rings. The molecule has 0 atom stereocenters. The van der Waals surface area contributed by atoms with Crippen LogP contribution in [0.25, 0.3) is 16.9 Å². The van der Waals surface area contributed by atoms with Crippen molar-refractivity contribution in [2.45, 2.75) is 18.4 Å². The van der Waals surface area contributed by atoms with E-state index in [-0.39, 0.29) is 18.1 Å². The highest BCUT2D eigenvalue weighted by molar-refractivity contribution is 6.30. The van der Waals surface area contributed by atoms with Gasteiger partial charge in [-0.05, 0) is 37.1 Å². The monoisotopic (exact) mass is 496 g/mol. The van der Waals surface area contributed by atoms with Gasteiger partial charge in [-0.3, -0.25) is 19.1 Å². The summed E-state index contributed by atoms with van der Waals surface area (Å²) in [5, 5.41) is 22.1. The minimum absolute atomic E-state index is 0.133. The number of aliphatic hydroxyl groups is 1. The fourth-order valence-corrected chi connectivity index (χ4v) is 4.15. The SMILES string of the molecule is C=CC(=O)N1CCC(CO)(NC(=O)c2cc(-c3ccc(Cl)cc3)nn(-c3cnn(C)c3)c2=O)CC1. The number of piperidine rings is 1. The molecule has 0 radical (unpaired) electrons. The molecule has 1 fully saturated rings. The van der Waals surface area contributed by atoms with Gasteiger partial charge in [-0.15, -0.1) is 0 Å². The molecule has 35 heavy (non-hydrogen) atoms. The van der Waals surface area contributed by atoms with E-state index < -0.39 is 17.0 Å². The van der Waals surface area contributed by atoms with Gasteiger partial charge >= 0.3 is 0 Å². The molecule has 1 saturated heterocycles. The molecule has 10 nitrogen and oxygen atoms in total. The molecule has 1 aliphatic rings. The average Bonchev–Trinajstić information content (AvgIpc) is 3.30. The van der Waals surface area contributed by atoms with E-state index in [1.54, 1.807) is 42.4 Å². The summed E-state index contributed by atoms with van der Waals surface area (Å²) in [6.45, 7) is 3.85. The Morgan fingerprint density at radius 1 is 1.26 bits per heavy atom. The number of hydrogen-bond acceptors (Lipinski definition) is 6. The number of halogens is 1. The van der Waals surface area contributed by atoms with Crippen molar-refractivity contribution in [1.29, 1.82) is 0 Å². The second kappa shape index (κ2) is 9.85. The van der Waals surface area contributed by atoms with Gasteiger partial charge in [0.15, 0.2) is 0 Å². The Kier molecular flexibility index (Phi) is 6.86. The van der Waals surface area contributed by atoms with Crippen LogP contribution >= 0.6 is 11.6 Å². The highest BCUT2D eigenvalue weighted by Crippen LogP contribution is 2.24. The Morgan fingerprint density at radius 2 is 1.94 bits per heavy atom. The molecule has 0 unspecified atom stereocenters. The van der Waals surface area contributed by atoms with Crippen molar-refractivity contribution in [1.82, 2.24) is 29.8 Å². The highest BCUT2D eigenvalue weighted by Gasteiger charge is 2.37. The number of hydrogen-bond donors (Lipinski definition) is 2. The summed E-state index contributed by atoms with van der Waals surface area (Å²) in [5.41, 5.74) is -0.277. The molecule has 0 spiro atoms. The third-order valence-electron chi connectivity index (χ3n) is 6.12. The maximum Gasteiger partial charge on any atom is 0.284 e. The number of aromatic nitrogens is 4. The molecule has 2 amide bonds. The Labute approximate surface area is 206 Å². The number of aryl methyl sites for hydroxylation is 1. The quantitative estimate of drug-likeness (QED) is 0.499. The van der Waals surface area contributed by atoms with E-state index in [1.807, 2.05) is 0 Å². The zero-order valence-electron chi connectivity index (χ0n) is 19.1. The van der Waals surface area contributed by atoms with Crippen LogP contribution in [-0.4, -0.2) is 66.6 Å². The van der Waals surface area contributed by atoms with Gasteiger partial charge in [-0.1, -0.05) is 30.3 Å². The van der Waals surface area contributed by atoms with Crippen molar-refractivity contribution >= 4 is 23.4 Å². The van der Waals surface area contributed by atoms with Crippen LogP contribution in [0, 0.1) is 0 Å². The number of nitrogens with zero attached hydrogens (tertiary/aromatic N) is 5. The first-order valence-corrected chi connectivity index (χ1v) is 11.4. The normalized spacial score (nSPS) is 15.0. The van der Waals surface area contributed by atoms with Crippen molar-refractivity contribution in [3.05, 3.63) is 76.3 Å². The summed E-state index contributed by atoms with van der Waals surface area (Å²) >= 11 is 6.01. The van der Waals surface area contributed by atoms with Crippen LogP contribution in [0.2, 0.25) is 5.02 Å². The molecule has 0 bridgehead atoms. The van der Waals surface area contributed by atoms with E-state index in [2.05, 4.69) is 22.1 Å². The van der Waals surface area contributed by atoms with Crippen molar-refractivity contribution < 1.29 is 14.7 Å². The first kappa shape index (κ1) is 24.4. The lowest BCUT2D eigenvalue weighted by Gasteiger charge is -2.40. The van der Waals surface area contributed by atoms with Gasteiger partial charge in [0.25, 0.3) is 11.5 Å². The summed E-state index contributed by atoms with van der Waals surface area (Å²) in [7, 11) is 1.71. The maximum absolute atomic E-state index is 13.4. The molecular weight excluding hydrogens is 472 g/mol. The second-order valence-corrected chi connectivity index (χ2v) is 8.90. The van der Waals surface area contributed by atoms with E-state index in [0.717, 1.165) is 4.68 Å². The molecule has 0 saturated carbocycles. The lowest BCUT2D eigenvalue weighted by atomic mass is 9.87. The largest absolute Gasteiger partial charge is 0.394 e. The smallest absolute Gasteiger partial charge is 0.284 e. The number of nitrogens with one attached hydrogen (secondary N) is 1. The summed E-state index contributed by atoms with van der Waals surface area (Å²) in [5.74, 6) is -0.841. The third-order valence-corrected chi connectivity index (χ3v) is 6.37. The number of amides is 2. The molecule has 4 rings (SSSR count). The zero-order chi connectivity index (χ0) is 25.2. The van der Waals surface area contributed by atoms with Crippen molar-refractivity contribution in [2.24, 2.45) is 7.05 Å². The van der Waals surface area contributed by atoms with Crippen LogP contribution < -0.4 is 10.9 Å². The lowest BCUT2D eigenvalue weighted by molar-refractivity contribution is -0.127. The molecule has 1 aromatic carbocycles. The number of benzene rings is 1. The first-order valence-electron chi connectivity index (χ1n) is 11.0. The van der Waals surface area contributed by atoms with Gasteiger partial charge in [0.1, 0.15) is 11.3 Å². The number of likely N-dealkylation sites (tertiary alicyclic amines) is 1. The van der Waals surface area contributed by atoms with Crippen LogP contribution in [0.15, 0.2) is 60.2 Å². The van der Waals surface area contributed by atoms with Gasteiger partial charge in [-0.25, -0.2) is 0 Å². The number of aliphatic hydroxyl groups excluding tert-OH is 1. The topological polar surface area (TPSA) is 122 Å². The lowest BCUT2D eigenvalue weighted by Crippen LogP contribution is -2.58. The molecule has 3 heterocycles. The van der Waals surface area contributed by atoms with E-state index in [4.69, 9.17) is 11.6 Å². The number of rotatable bonds is 6. The first-order chi connectivity index (χ1) is 16.7. The molecule has 2 N–H and O–H groups in total. The molecular formula is C24H25ClN6O4. The van der Waals surface area contributed by atoms with Gasteiger partial charge in [0.2, 0.25) is 5.91 Å². The Morgan fingerprint density at radius 3 is 2.51 bits per heavy atom. The fraction of sp³-hybridized carbons (Fsp3) is 0.292. The Hall–Kier alpha value is -3.76. The highest BCUT2D eigenvalue weighted by atomic mass is 35.5. The maximum atomic E-state index is 13.4. The van der Waals surface area contributed by atoms with Crippen molar-refractivity contribution in [3.8, 4) is 16.9 Å². The van der Waals surface area contributed by atoms with E-state index >= 15 is 0 Å². The molecule has 11 heteroatoms. The van der Waals surface area contributed by atoms with Crippen LogP contribution in [0.5, 0.6) is 0 Å². The Balaban J connectivity index is 1.71. The van der Waals surface area contributed by atoms with Gasteiger partial charge < -0.3 is 15.3 Å². The fourth-order valence-electron chi connectivity index (χ4n) is 4.03.